The topological polar surface area (TPSA) is 129 Å². The van der Waals surface area contributed by atoms with Crippen LogP contribution in [-0.4, -0.2) is 168 Å². The minimum atomic E-state index is -0.679. The Labute approximate surface area is 313 Å². The largest absolute Gasteiger partial charge is 0.379 e. The first-order valence-electron chi connectivity index (χ1n) is 20.0. The molecule has 0 spiro atoms. The molecule has 0 bridgehead atoms. The lowest BCUT2D eigenvalue weighted by Gasteiger charge is -2.45. The minimum Gasteiger partial charge on any atom is -0.379 e. The van der Waals surface area contributed by atoms with Crippen molar-refractivity contribution in [3.8, 4) is 0 Å². The molecule has 0 saturated carbocycles. The predicted molar refractivity (Wildman–Crippen MR) is 193 cm³/mol. The summed E-state index contributed by atoms with van der Waals surface area (Å²) >= 11 is 0. The van der Waals surface area contributed by atoms with Crippen molar-refractivity contribution >= 4 is 0 Å². The quantitative estimate of drug-likeness (QED) is 0.164. The highest BCUT2D eigenvalue weighted by molar-refractivity contribution is 4.94. The number of methoxy groups -OCH3 is 2. The number of ether oxygens (including phenoxy) is 14. The summed E-state index contributed by atoms with van der Waals surface area (Å²) in [6.07, 6.45) is 2.84. The van der Waals surface area contributed by atoms with Crippen LogP contribution in [0.4, 0.5) is 0 Å². The Kier molecular flexibility index (Phi) is 25.4. The summed E-state index contributed by atoms with van der Waals surface area (Å²) < 4.78 is 87.0. The predicted octanol–water partition coefficient (Wildman–Crippen LogP) is 4.32. The Balaban J connectivity index is 1.72. The number of hydrogen-bond acceptors (Lipinski definition) is 14. The van der Waals surface area contributed by atoms with Gasteiger partial charge in [0.1, 0.15) is 48.8 Å². The second-order valence-electron chi connectivity index (χ2n) is 13.4. The normalized spacial score (nSPS) is 33.1. The molecule has 14 heteroatoms. The van der Waals surface area contributed by atoms with E-state index in [1.807, 2.05) is 0 Å². The fourth-order valence-electron chi connectivity index (χ4n) is 6.34. The lowest BCUT2D eigenvalue weighted by Crippen LogP contribution is -2.62. The van der Waals surface area contributed by atoms with Gasteiger partial charge in [0.05, 0.1) is 66.1 Å². The molecule has 0 amide bonds. The maximum atomic E-state index is 6.50. The zero-order valence-electron chi connectivity index (χ0n) is 33.0. The SMILES string of the molecule is CCCCOC[C@H]1O[C@H](OC)[C@@H]2OCCOCCO[C@@H]3[C@@H](OCCOCCO[C@H]2[C@@H]1OCCCC)[C@@H](OC)O[C@H](COCCCC)[C@H]3OCCCC. The van der Waals surface area contributed by atoms with Crippen LogP contribution in [0.15, 0.2) is 0 Å². The van der Waals surface area contributed by atoms with Crippen molar-refractivity contribution in [2.45, 2.75) is 140 Å². The maximum absolute atomic E-state index is 6.50. The fourth-order valence-corrected chi connectivity index (χ4v) is 6.34. The third-order valence-corrected chi connectivity index (χ3v) is 9.26. The van der Waals surface area contributed by atoms with Crippen molar-refractivity contribution in [1.29, 1.82) is 0 Å². The molecule has 308 valence electrons. The summed E-state index contributed by atoms with van der Waals surface area (Å²) in [5.74, 6) is 0. The van der Waals surface area contributed by atoms with E-state index in [2.05, 4.69) is 27.7 Å². The first-order valence-corrected chi connectivity index (χ1v) is 20.0. The van der Waals surface area contributed by atoms with Crippen LogP contribution < -0.4 is 0 Å². The Morgan fingerprint density at radius 3 is 1.13 bits per heavy atom. The lowest BCUT2D eigenvalue weighted by atomic mass is 9.98. The molecule has 14 nitrogen and oxygen atoms in total. The van der Waals surface area contributed by atoms with Crippen LogP contribution in [0.3, 0.4) is 0 Å². The second kappa shape index (κ2) is 28.8. The molecule has 3 saturated heterocycles. The molecule has 10 atom stereocenters. The average Bonchev–Trinajstić information content (AvgIpc) is 3.15. The average molecular weight is 753 g/mol. The molecule has 0 N–H and O–H groups in total. The monoisotopic (exact) mass is 752 g/mol. The number of fused-ring (bicyclic) bond motifs is 2. The molecular formula is C38H72O14. The van der Waals surface area contributed by atoms with E-state index in [-0.39, 0.29) is 25.4 Å². The highest BCUT2D eigenvalue weighted by Crippen LogP contribution is 2.31. The Bertz CT molecular complexity index is 776. The molecule has 52 heavy (non-hydrogen) atoms. The lowest BCUT2D eigenvalue weighted by molar-refractivity contribution is -0.322. The van der Waals surface area contributed by atoms with E-state index in [1.54, 1.807) is 14.2 Å². The molecule has 0 unspecified atom stereocenters. The minimum absolute atomic E-state index is 0.290. The molecule has 3 heterocycles. The van der Waals surface area contributed by atoms with Crippen LogP contribution in [0.25, 0.3) is 0 Å². The van der Waals surface area contributed by atoms with Crippen LogP contribution in [0.2, 0.25) is 0 Å². The van der Waals surface area contributed by atoms with Crippen LogP contribution >= 0.6 is 0 Å². The molecule has 0 radical (unpaired) electrons. The highest BCUT2D eigenvalue weighted by atomic mass is 16.7. The maximum Gasteiger partial charge on any atom is 0.186 e. The molecule has 3 fully saturated rings. The summed E-state index contributed by atoms with van der Waals surface area (Å²) in [6.45, 7) is 14.2. The van der Waals surface area contributed by atoms with Crippen molar-refractivity contribution < 1.29 is 66.3 Å². The van der Waals surface area contributed by atoms with Crippen molar-refractivity contribution in [2.75, 3.05) is 107 Å². The summed E-state index contributed by atoms with van der Waals surface area (Å²) in [5, 5.41) is 0. The van der Waals surface area contributed by atoms with E-state index in [1.165, 1.54) is 0 Å². The van der Waals surface area contributed by atoms with Gasteiger partial charge in [-0.2, -0.15) is 0 Å². The molecule has 3 rings (SSSR count). The van der Waals surface area contributed by atoms with Gasteiger partial charge in [0.15, 0.2) is 12.6 Å². The van der Waals surface area contributed by atoms with Crippen molar-refractivity contribution in [3.63, 3.8) is 0 Å². The van der Waals surface area contributed by atoms with E-state index in [0.717, 1.165) is 51.4 Å². The molecule has 0 aliphatic carbocycles. The second-order valence-corrected chi connectivity index (χ2v) is 13.4. The van der Waals surface area contributed by atoms with Gasteiger partial charge in [0.25, 0.3) is 0 Å². The van der Waals surface area contributed by atoms with Crippen LogP contribution in [0.5, 0.6) is 0 Å². The van der Waals surface area contributed by atoms with E-state index in [4.69, 9.17) is 66.3 Å². The first-order chi connectivity index (χ1) is 25.6. The van der Waals surface area contributed by atoms with Gasteiger partial charge in [-0.15, -0.1) is 0 Å². The van der Waals surface area contributed by atoms with Gasteiger partial charge in [-0.1, -0.05) is 53.4 Å². The van der Waals surface area contributed by atoms with Crippen LogP contribution in [0.1, 0.15) is 79.1 Å². The summed E-state index contributed by atoms with van der Waals surface area (Å²) in [5.41, 5.74) is 0. The summed E-state index contributed by atoms with van der Waals surface area (Å²) in [4.78, 5) is 0. The standard InChI is InChI=1S/C38H72O14/c1-7-11-15-43-27-29-31(45-17-13-9-3)33-35(37(39-5)51-29)49-25-21-42-20-24-48-34-32(46-18-14-10-4)30(28-44-16-12-8-2)52-38(40-6)36(34)50-26-22-41-19-23-47-33/h29-38H,7-28H2,1-6H3/t29-,30-,31-,32-,33+,34+,35-,36-,37+,38+/m1/s1. The summed E-state index contributed by atoms with van der Waals surface area (Å²) in [7, 11) is 3.22. The van der Waals surface area contributed by atoms with Gasteiger partial charge in [-0.25, -0.2) is 0 Å². The molecular weight excluding hydrogens is 680 g/mol. The molecule has 0 aromatic heterocycles. The van der Waals surface area contributed by atoms with Gasteiger partial charge in [0.2, 0.25) is 0 Å². The third kappa shape index (κ3) is 15.9. The van der Waals surface area contributed by atoms with Crippen LogP contribution in [0, 0.1) is 0 Å². The van der Waals surface area contributed by atoms with Gasteiger partial charge < -0.3 is 66.3 Å². The number of rotatable bonds is 20. The summed E-state index contributed by atoms with van der Waals surface area (Å²) in [6, 6.07) is 0. The fraction of sp³-hybridized carbons (Fsp3) is 1.00. The zero-order valence-corrected chi connectivity index (χ0v) is 33.0. The molecule has 3 aliphatic heterocycles. The van der Waals surface area contributed by atoms with E-state index >= 15 is 0 Å². The van der Waals surface area contributed by atoms with Gasteiger partial charge in [-0.05, 0) is 25.7 Å². The molecule has 3 aliphatic rings. The van der Waals surface area contributed by atoms with E-state index < -0.39 is 49.2 Å². The van der Waals surface area contributed by atoms with Gasteiger partial charge in [-0.3, -0.25) is 0 Å². The number of unbranched alkanes of at least 4 members (excludes halogenated alkanes) is 4. The number of hydrogen-bond donors (Lipinski definition) is 0. The first kappa shape index (κ1) is 45.8. The van der Waals surface area contributed by atoms with Crippen molar-refractivity contribution in [2.24, 2.45) is 0 Å². The van der Waals surface area contributed by atoms with Gasteiger partial charge >= 0.3 is 0 Å². The highest BCUT2D eigenvalue weighted by Gasteiger charge is 2.50. The zero-order chi connectivity index (χ0) is 37.2. The van der Waals surface area contributed by atoms with E-state index in [9.17, 15) is 0 Å². The smallest absolute Gasteiger partial charge is 0.186 e. The van der Waals surface area contributed by atoms with E-state index in [0.29, 0.717) is 79.3 Å². The third-order valence-electron chi connectivity index (χ3n) is 9.26. The van der Waals surface area contributed by atoms with Crippen molar-refractivity contribution in [3.05, 3.63) is 0 Å². The molecule has 0 aromatic carbocycles. The van der Waals surface area contributed by atoms with Crippen LogP contribution in [-0.2, 0) is 66.3 Å². The Hall–Kier alpha value is -0.560. The Morgan fingerprint density at radius 1 is 0.442 bits per heavy atom. The van der Waals surface area contributed by atoms with Gasteiger partial charge in [0, 0.05) is 40.6 Å². The van der Waals surface area contributed by atoms with Crippen molar-refractivity contribution in [1.82, 2.24) is 0 Å². The Morgan fingerprint density at radius 2 is 0.788 bits per heavy atom. The molecule has 0 aromatic rings.